The molecule has 5 heteroatoms. The van der Waals surface area contributed by atoms with Crippen LogP contribution in [0.15, 0.2) is 36.9 Å². The van der Waals surface area contributed by atoms with Crippen molar-refractivity contribution in [3.8, 4) is 11.5 Å². The number of hydrogen-bond donors (Lipinski definition) is 2. The number of phenolic OH excluding ortho intramolecular Hbond substituents is 1. The summed E-state index contributed by atoms with van der Waals surface area (Å²) in [5.74, 6) is 0.732. The maximum atomic E-state index is 10.3. The molecule has 0 radical (unpaired) electrons. The van der Waals surface area contributed by atoms with Gasteiger partial charge < -0.3 is 19.5 Å². The molecule has 1 aromatic heterocycles. The first-order valence-electron chi connectivity index (χ1n) is 5.83. The average molecular weight is 246 g/mol. The molecular weight excluding hydrogens is 232 g/mol. The Bertz CT molecular complexity index is 539. The lowest BCUT2D eigenvalue weighted by atomic mass is 9.93. The van der Waals surface area contributed by atoms with E-state index in [-0.39, 0.29) is 11.7 Å². The summed E-state index contributed by atoms with van der Waals surface area (Å²) in [6.45, 7) is 1.09. The predicted octanol–water partition coefficient (Wildman–Crippen LogP) is 1.33. The Hall–Kier alpha value is -2.01. The topological polar surface area (TPSA) is 67.5 Å². The molecule has 3 rings (SSSR count). The van der Waals surface area contributed by atoms with Crippen LogP contribution in [0.4, 0.5) is 0 Å². The summed E-state index contributed by atoms with van der Waals surface area (Å²) in [5, 5.41) is 19.8. The number of aromatic nitrogens is 2. The van der Waals surface area contributed by atoms with E-state index in [1.807, 2.05) is 10.8 Å². The molecule has 0 aliphatic carbocycles. The number of aliphatic hydroxyl groups excluding tert-OH is 1. The van der Waals surface area contributed by atoms with Crippen molar-refractivity contribution in [2.24, 2.45) is 5.92 Å². The Morgan fingerprint density at radius 2 is 2.33 bits per heavy atom. The molecule has 0 fully saturated rings. The number of rotatable bonds is 2. The lowest BCUT2D eigenvalue weighted by Gasteiger charge is -2.30. The van der Waals surface area contributed by atoms with Crippen molar-refractivity contribution in [2.45, 2.75) is 12.6 Å². The van der Waals surface area contributed by atoms with Crippen molar-refractivity contribution in [3.05, 3.63) is 42.5 Å². The van der Waals surface area contributed by atoms with Crippen LogP contribution in [0.2, 0.25) is 0 Å². The zero-order valence-corrected chi connectivity index (χ0v) is 9.73. The Morgan fingerprint density at radius 3 is 3.11 bits per heavy atom. The van der Waals surface area contributed by atoms with Crippen LogP contribution in [0.25, 0.3) is 0 Å². The van der Waals surface area contributed by atoms with Crippen molar-refractivity contribution in [1.82, 2.24) is 9.55 Å². The van der Waals surface area contributed by atoms with Gasteiger partial charge in [-0.05, 0) is 18.2 Å². The molecule has 0 saturated heterocycles. The van der Waals surface area contributed by atoms with E-state index in [1.54, 1.807) is 30.7 Å². The van der Waals surface area contributed by atoms with Crippen LogP contribution in [0.3, 0.4) is 0 Å². The van der Waals surface area contributed by atoms with Crippen LogP contribution in [-0.4, -0.2) is 26.4 Å². The Kier molecular flexibility index (Phi) is 2.68. The van der Waals surface area contributed by atoms with E-state index >= 15 is 0 Å². The monoisotopic (exact) mass is 246 g/mol. The van der Waals surface area contributed by atoms with Gasteiger partial charge in [-0.3, -0.25) is 0 Å². The van der Waals surface area contributed by atoms with E-state index in [0.29, 0.717) is 24.5 Å². The van der Waals surface area contributed by atoms with E-state index in [9.17, 15) is 10.2 Å². The third-order valence-corrected chi connectivity index (χ3v) is 3.22. The molecule has 94 valence electrons. The summed E-state index contributed by atoms with van der Waals surface area (Å²) < 4.78 is 7.51. The molecular formula is C13H14N2O3. The molecule has 0 bridgehead atoms. The van der Waals surface area contributed by atoms with Gasteiger partial charge in [0.05, 0.1) is 19.0 Å². The predicted molar refractivity (Wildman–Crippen MR) is 64.3 cm³/mol. The van der Waals surface area contributed by atoms with Crippen molar-refractivity contribution in [1.29, 1.82) is 0 Å². The van der Waals surface area contributed by atoms with E-state index in [4.69, 9.17) is 4.74 Å². The lowest BCUT2D eigenvalue weighted by Crippen LogP contribution is -2.29. The molecule has 0 amide bonds. The smallest absolute Gasteiger partial charge is 0.125 e. The van der Waals surface area contributed by atoms with Gasteiger partial charge in [0.2, 0.25) is 0 Å². The van der Waals surface area contributed by atoms with Crippen molar-refractivity contribution < 1.29 is 14.9 Å². The zero-order valence-electron chi connectivity index (χ0n) is 9.73. The minimum atomic E-state index is -0.636. The highest BCUT2D eigenvalue weighted by molar-refractivity contribution is 5.42. The van der Waals surface area contributed by atoms with Crippen LogP contribution in [0.1, 0.15) is 11.7 Å². The lowest BCUT2D eigenvalue weighted by molar-refractivity contribution is 0.0412. The normalized spacial score (nSPS) is 22.3. The second-order valence-corrected chi connectivity index (χ2v) is 4.50. The summed E-state index contributed by atoms with van der Waals surface area (Å²) in [7, 11) is 0. The fourth-order valence-corrected chi connectivity index (χ4v) is 2.26. The summed E-state index contributed by atoms with van der Waals surface area (Å²) in [6.07, 6.45) is 4.63. The van der Waals surface area contributed by atoms with Gasteiger partial charge in [0, 0.05) is 30.4 Å². The Balaban J connectivity index is 1.84. The third kappa shape index (κ3) is 1.93. The third-order valence-electron chi connectivity index (χ3n) is 3.22. The van der Waals surface area contributed by atoms with Gasteiger partial charge in [0.25, 0.3) is 0 Å². The number of imidazole rings is 1. The molecule has 1 aliphatic rings. The van der Waals surface area contributed by atoms with Crippen molar-refractivity contribution in [3.63, 3.8) is 0 Å². The maximum Gasteiger partial charge on any atom is 0.125 e. The van der Waals surface area contributed by atoms with Gasteiger partial charge in [-0.1, -0.05) is 0 Å². The van der Waals surface area contributed by atoms with Gasteiger partial charge in [-0.2, -0.15) is 0 Å². The molecule has 5 nitrogen and oxygen atoms in total. The zero-order chi connectivity index (χ0) is 12.5. The second kappa shape index (κ2) is 4.34. The number of hydrogen-bond acceptors (Lipinski definition) is 4. The number of ether oxygens (including phenoxy) is 1. The fourth-order valence-electron chi connectivity index (χ4n) is 2.26. The molecule has 2 atom stereocenters. The van der Waals surface area contributed by atoms with Crippen LogP contribution in [-0.2, 0) is 6.54 Å². The largest absolute Gasteiger partial charge is 0.508 e. The minimum Gasteiger partial charge on any atom is -0.508 e. The van der Waals surface area contributed by atoms with Gasteiger partial charge in [-0.15, -0.1) is 0 Å². The molecule has 2 N–H and O–H groups in total. The molecule has 18 heavy (non-hydrogen) atoms. The second-order valence-electron chi connectivity index (χ2n) is 4.50. The summed E-state index contributed by atoms with van der Waals surface area (Å²) >= 11 is 0. The molecule has 0 saturated carbocycles. The molecule has 0 unspecified atom stereocenters. The SMILES string of the molecule is Oc1ccc2c(c1)[C@H](O)[C@H](Cn1ccnc1)CO2. The first kappa shape index (κ1) is 11.1. The molecule has 1 aliphatic heterocycles. The van der Waals surface area contributed by atoms with E-state index in [0.717, 1.165) is 0 Å². The number of aliphatic hydroxyl groups is 1. The quantitative estimate of drug-likeness (QED) is 0.839. The summed E-state index contributed by atoms with van der Waals surface area (Å²) in [5.41, 5.74) is 0.645. The molecule has 2 heterocycles. The highest BCUT2D eigenvalue weighted by atomic mass is 16.5. The number of phenols is 1. The fraction of sp³-hybridized carbons (Fsp3) is 0.308. The van der Waals surface area contributed by atoms with Gasteiger partial charge in [0.15, 0.2) is 0 Å². The Morgan fingerprint density at radius 1 is 1.44 bits per heavy atom. The number of fused-ring (bicyclic) bond motifs is 1. The molecule has 1 aromatic carbocycles. The average Bonchev–Trinajstić information content (AvgIpc) is 2.86. The number of aromatic hydroxyl groups is 1. The van der Waals surface area contributed by atoms with E-state index < -0.39 is 6.10 Å². The van der Waals surface area contributed by atoms with Gasteiger partial charge in [-0.25, -0.2) is 4.98 Å². The summed E-state index contributed by atoms with van der Waals surface area (Å²) in [6, 6.07) is 4.79. The van der Waals surface area contributed by atoms with Crippen LogP contribution < -0.4 is 4.74 Å². The van der Waals surface area contributed by atoms with E-state index in [2.05, 4.69) is 4.98 Å². The highest BCUT2D eigenvalue weighted by Crippen LogP contribution is 2.37. The maximum absolute atomic E-state index is 10.3. The molecule has 0 spiro atoms. The van der Waals surface area contributed by atoms with Crippen LogP contribution >= 0.6 is 0 Å². The molecule has 2 aromatic rings. The minimum absolute atomic E-state index is 0.0477. The highest BCUT2D eigenvalue weighted by Gasteiger charge is 2.29. The van der Waals surface area contributed by atoms with Crippen molar-refractivity contribution >= 4 is 0 Å². The number of nitrogens with zero attached hydrogens (tertiary/aromatic N) is 2. The first-order chi connectivity index (χ1) is 8.74. The standard InChI is InChI=1S/C13H14N2O3/c16-10-1-2-12-11(5-10)13(17)9(7-18-12)6-15-4-3-14-8-15/h1-5,8-9,13,16-17H,6-7H2/t9-,13-/m1/s1. The van der Waals surface area contributed by atoms with Gasteiger partial charge >= 0.3 is 0 Å². The van der Waals surface area contributed by atoms with Crippen molar-refractivity contribution in [2.75, 3.05) is 6.61 Å². The van der Waals surface area contributed by atoms with Gasteiger partial charge in [0.1, 0.15) is 11.5 Å². The Labute approximate surface area is 104 Å². The summed E-state index contributed by atoms with van der Waals surface area (Å²) in [4.78, 5) is 3.97. The van der Waals surface area contributed by atoms with Crippen LogP contribution in [0.5, 0.6) is 11.5 Å². The first-order valence-corrected chi connectivity index (χ1v) is 5.83. The van der Waals surface area contributed by atoms with Crippen LogP contribution in [0, 0.1) is 5.92 Å². The van der Waals surface area contributed by atoms with E-state index in [1.165, 1.54) is 0 Å². The number of benzene rings is 1.